The molecule has 3 heteroatoms. The van der Waals surface area contributed by atoms with Crippen molar-refractivity contribution in [1.82, 2.24) is 4.90 Å². The van der Waals surface area contributed by atoms with Crippen LogP contribution in [-0.2, 0) is 11.2 Å². The molecule has 0 bridgehead atoms. The van der Waals surface area contributed by atoms with Crippen LogP contribution in [0.5, 0.6) is 0 Å². The molecule has 0 atom stereocenters. The predicted octanol–water partition coefficient (Wildman–Crippen LogP) is 2.40. The molecule has 0 N–H and O–H groups in total. The van der Waals surface area contributed by atoms with Gasteiger partial charge in [0.25, 0.3) is 0 Å². The number of nitrogens with zero attached hydrogens (tertiary/aromatic N) is 1. The summed E-state index contributed by atoms with van der Waals surface area (Å²) < 4.78 is 5.04. The van der Waals surface area contributed by atoms with E-state index in [1.807, 2.05) is 24.3 Å². The Balaban J connectivity index is 2.56. The maximum absolute atomic E-state index is 12.1. The monoisotopic (exact) mass is 249 g/mol. The molecule has 1 rings (SSSR count). The third-order valence-corrected chi connectivity index (χ3v) is 3.11. The van der Waals surface area contributed by atoms with Gasteiger partial charge < -0.3 is 4.74 Å². The second kappa shape index (κ2) is 8.01. The first kappa shape index (κ1) is 14.9. The van der Waals surface area contributed by atoms with Crippen LogP contribution in [0.4, 0.5) is 0 Å². The lowest BCUT2D eigenvalue weighted by Crippen LogP contribution is -2.32. The van der Waals surface area contributed by atoms with Gasteiger partial charge in [0.05, 0.1) is 13.2 Å². The summed E-state index contributed by atoms with van der Waals surface area (Å²) in [6, 6.07) is 7.90. The van der Waals surface area contributed by atoms with Crippen LogP contribution in [0.15, 0.2) is 24.3 Å². The van der Waals surface area contributed by atoms with Gasteiger partial charge in [-0.25, -0.2) is 0 Å². The Labute approximate surface area is 110 Å². The molecule has 0 unspecified atom stereocenters. The summed E-state index contributed by atoms with van der Waals surface area (Å²) in [4.78, 5) is 14.2. The third-order valence-electron chi connectivity index (χ3n) is 3.11. The van der Waals surface area contributed by atoms with E-state index < -0.39 is 0 Å². The Morgan fingerprint density at radius 1 is 1.22 bits per heavy atom. The fourth-order valence-electron chi connectivity index (χ4n) is 1.79. The van der Waals surface area contributed by atoms with Gasteiger partial charge in [-0.05, 0) is 18.5 Å². The van der Waals surface area contributed by atoms with E-state index in [1.165, 1.54) is 5.56 Å². The molecule has 0 aromatic heterocycles. The Bertz CT molecular complexity index is 359. The Morgan fingerprint density at radius 3 is 2.39 bits per heavy atom. The molecule has 0 saturated heterocycles. The minimum Gasteiger partial charge on any atom is -0.383 e. The van der Waals surface area contributed by atoms with Crippen LogP contribution in [0.1, 0.15) is 29.8 Å². The minimum absolute atomic E-state index is 0.176. The highest BCUT2D eigenvalue weighted by atomic mass is 16.5. The Hall–Kier alpha value is -1.19. The Kier molecular flexibility index (Phi) is 6.61. The van der Waals surface area contributed by atoms with Crippen molar-refractivity contribution in [2.75, 3.05) is 33.4 Å². The lowest BCUT2D eigenvalue weighted by molar-refractivity contribution is 0.0902. The summed E-state index contributed by atoms with van der Waals surface area (Å²) in [5, 5.41) is 0. The van der Waals surface area contributed by atoms with E-state index in [0.717, 1.165) is 25.1 Å². The lowest BCUT2D eigenvalue weighted by atomic mass is 10.1. The molecule has 0 aliphatic carbocycles. The summed E-state index contributed by atoms with van der Waals surface area (Å²) >= 11 is 0. The molecule has 18 heavy (non-hydrogen) atoms. The number of benzene rings is 1. The van der Waals surface area contributed by atoms with E-state index in [4.69, 9.17) is 4.74 Å². The van der Waals surface area contributed by atoms with Crippen LogP contribution in [0.3, 0.4) is 0 Å². The van der Waals surface area contributed by atoms with Crippen LogP contribution in [0.25, 0.3) is 0 Å². The van der Waals surface area contributed by atoms with Crippen molar-refractivity contribution in [2.45, 2.75) is 20.3 Å². The molecule has 0 heterocycles. The van der Waals surface area contributed by atoms with Gasteiger partial charge in [-0.3, -0.25) is 9.69 Å². The maximum Gasteiger partial charge on any atom is 0.176 e. The van der Waals surface area contributed by atoms with E-state index >= 15 is 0 Å². The molecule has 1 aromatic rings. The second-order valence-corrected chi connectivity index (χ2v) is 4.34. The van der Waals surface area contributed by atoms with Crippen molar-refractivity contribution in [3.63, 3.8) is 0 Å². The molecule has 0 aliphatic heterocycles. The van der Waals surface area contributed by atoms with Gasteiger partial charge in [-0.1, -0.05) is 38.1 Å². The number of hydrogen-bond acceptors (Lipinski definition) is 3. The average molecular weight is 249 g/mol. The maximum atomic E-state index is 12.1. The van der Waals surface area contributed by atoms with E-state index in [-0.39, 0.29) is 5.78 Å². The molecule has 0 radical (unpaired) electrons. The zero-order chi connectivity index (χ0) is 13.4. The summed E-state index contributed by atoms with van der Waals surface area (Å²) in [5.74, 6) is 0.176. The number of carbonyl (C=O) groups excluding carboxylic acids is 1. The molecule has 0 spiro atoms. The fraction of sp³-hybridized carbons (Fsp3) is 0.533. The molecule has 1 aromatic carbocycles. The van der Waals surface area contributed by atoms with E-state index in [9.17, 15) is 4.79 Å². The number of carbonyl (C=O) groups is 1. The summed E-state index contributed by atoms with van der Waals surface area (Å²) in [6.45, 7) is 6.96. The van der Waals surface area contributed by atoms with Crippen molar-refractivity contribution in [1.29, 1.82) is 0 Å². The Morgan fingerprint density at radius 2 is 1.89 bits per heavy atom. The zero-order valence-electron chi connectivity index (χ0n) is 11.6. The summed E-state index contributed by atoms with van der Waals surface area (Å²) in [7, 11) is 1.68. The molecule has 3 nitrogen and oxygen atoms in total. The van der Waals surface area contributed by atoms with Gasteiger partial charge in [0.15, 0.2) is 5.78 Å². The van der Waals surface area contributed by atoms with Crippen LogP contribution in [-0.4, -0.2) is 44.0 Å². The summed E-state index contributed by atoms with van der Waals surface area (Å²) in [5.41, 5.74) is 2.06. The highest BCUT2D eigenvalue weighted by Crippen LogP contribution is 2.06. The van der Waals surface area contributed by atoms with E-state index in [1.54, 1.807) is 7.11 Å². The number of rotatable bonds is 8. The largest absolute Gasteiger partial charge is 0.383 e. The summed E-state index contributed by atoms with van der Waals surface area (Å²) in [6.07, 6.45) is 1.00. The number of hydrogen-bond donors (Lipinski definition) is 0. The SMILES string of the molecule is CCc1ccc(C(=O)CN(CC)CCOC)cc1. The number of methoxy groups -OCH3 is 1. The van der Waals surface area contributed by atoms with Gasteiger partial charge in [0.1, 0.15) is 0 Å². The smallest absolute Gasteiger partial charge is 0.176 e. The van der Waals surface area contributed by atoms with Crippen LogP contribution in [0.2, 0.25) is 0 Å². The fourth-order valence-corrected chi connectivity index (χ4v) is 1.79. The standard InChI is InChI=1S/C15H23NO2/c1-4-13-6-8-14(9-7-13)15(17)12-16(5-2)10-11-18-3/h6-9H,4-5,10-12H2,1-3H3. The second-order valence-electron chi connectivity index (χ2n) is 4.34. The van der Waals surface area contributed by atoms with Crippen molar-refractivity contribution in [3.8, 4) is 0 Å². The topological polar surface area (TPSA) is 29.5 Å². The number of Topliss-reactive ketones (excluding diaryl/α,β-unsaturated/α-hetero) is 1. The molecular formula is C15H23NO2. The first-order chi connectivity index (χ1) is 8.71. The first-order valence-corrected chi connectivity index (χ1v) is 6.54. The number of ether oxygens (including phenoxy) is 1. The van der Waals surface area contributed by atoms with Gasteiger partial charge in [-0.2, -0.15) is 0 Å². The average Bonchev–Trinajstić information content (AvgIpc) is 2.43. The van der Waals surface area contributed by atoms with Crippen LogP contribution < -0.4 is 0 Å². The van der Waals surface area contributed by atoms with Crippen molar-refractivity contribution in [2.24, 2.45) is 0 Å². The molecule has 0 amide bonds. The molecular weight excluding hydrogens is 226 g/mol. The third kappa shape index (κ3) is 4.59. The quantitative estimate of drug-likeness (QED) is 0.663. The van der Waals surface area contributed by atoms with Gasteiger partial charge in [0.2, 0.25) is 0 Å². The highest BCUT2D eigenvalue weighted by Gasteiger charge is 2.10. The van der Waals surface area contributed by atoms with E-state index in [2.05, 4.69) is 18.7 Å². The first-order valence-electron chi connectivity index (χ1n) is 6.54. The molecule has 0 aliphatic rings. The molecule has 0 fully saturated rings. The number of aryl methyl sites for hydroxylation is 1. The van der Waals surface area contributed by atoms with Gasteiger partial charge >= 0.3 is 0 Å². The molecule has 100 valence electrons. The number of ketones is 1. The van der Waals surface area contributed by atoms with Gasteiger partial charge in [0, 0.05) is 19.2 Å². The van der Waals surface area contributed by atoms with Crippen molar-refractivity contribution >= 4 is 5.78 Å². The zero-order valence-corrected chi connectivity index (χ0v) is 11.6. The highest BCUT2D eigenvalue weighted by molar-refractivity contribution is 5.97. The normalized spacial score (nSPS) is 10.9. The van der Waals surface area contributed by atoms with Gasteiger partial charge in [-0.15, -0.1) is 0 Å². The minimum atomic E-state index is 0.176. The van der Waals surface area contributed by atoms with E-state index in [0.29, 0.717) is 13.2 Å². The predicted molar refractivity (Wildman–Crippen MR) is 74.1 cm³/mol. The van der Waals surface area contributed by atoms with Crippen molar-refractivity contribution < 1.29 is 9.53 Å². The van der Waals surface area contributed by atoms with Crippen LogP contribution in [0, 0.1) is 0 Å². The lowest BCUT2D eigenvalue weighted by Gasteiger charge is -2.18. The number of likely N-dealkylation sites (N-methyl/N-ethyl adjacent to an activating group) is 1. The van der Waals surface area contributed by atoms with Crippen LogP contribution >= 0.6 is 0 Å². The molecule has 0 saturated carbocycles. The van der Waals surface area contributed by atoms with Crippen molar-refractivity contribution in [3.05, 3.63) is 35.4 Å².